The lowest BCUT2D eigenvalue weighted by Gasteiger charge is -2.38. The van der Waals surface area contributed by atoms with E-state index in [9.17, 15) is 22.3 Å². The number of anilines is 2. The van der Waals surface area contributed by atoms with Crippen LogP contribution in [0.3, 0.4) is 0 Å². The monoisotopic (exact) mass is 470 g/mol. The van der Waals surface area contributed by atoms with Gasteiger partial charge in [0.25, 0.3) is 0 Å². The maximum absolute atomic E-state index is 12.9. The summed E-state index contributed by atoms with van der Waals surface area (Å²) < 4.78 is 58.3. The molecule has 0 saturated carbocycles. The summed E-state index contributed by atoms with van der Waals surface area (Å²) in [6, 6.07) is 6.44. The van der Waals surface area contributed by atoms with Crippen molar-refractivity contribution < 1.29 is 22.3 Å². The predicted molar refractivity (Wildman–Crippen MR) is 117 cm³/mol. The Morgan fingerprint density at radius 3 is 2.58 bits per heavy atom. The van der Waals surface area contributed by atoms with E-state index < -0.39 is 22.5 Å². The lowest BCUT2D eigenvalue weighted by molar-refractivity contribution is -0.141. The fraction of sp³-hybridized carbons (Fsp3) is 0.350. The van der Waals surface area contributed by atoms with Crippen molar-refractivity contribution in [3.05, 3.63) is 52.9 Å². The zero-order valence-electron chi connectivity index (χ0n) is 16.6. The van der Waals surface area contributed by atoms with Crippen molar-refractivity contribution in [2.75, 3.05) is 16.8 Å². The third kappa shape index (κ3) is 5.35. The fourth-order valence-electron chi connectivity index (χ4n) is 3.47. The molecule has 166 valence electrons. The number of nitrogens with one attached hydrogen (secondary N) is 1. The third-order valence-corrected chi connectivity index (χ3v) is 8.01. The molecule has 11 heteroatoms. The Hall–Kier alpha value is -2.21. The average molecular weight is 471 g/mol. The fourth-order valence-corrected chi connectivity index (χ4v) is 6.07. The number of aromatic nitrogens is 3. The van der Waals surface area contributed by atoms with Gasteiger partial charge in [-0.15, -0.1) is 11.3 Å². The third-order valence-electron chi connectivity index (χ3n) is 5.02. The Morgan fingerprint density at radius 1 is 1.13 bits per heavy atom. The highest BCUT2D eigenvalue weighted by Crippen LogP contribution is 2.49. The Balaban J connectivity index is 1.55. The van der Waals surface area contributed by atoms with Crippen LogP contribution in [0.1, 0.15) is 35.0 Å². The highest BCUT2D eigenvalue weighted by Gasteiger charge is 2.33. The van der Waals surface area contributed by atoms with Gasteiger partial charge in [-0.3, -0.25) is 9.11 Å². The van der Waals surface area contributed by atoms with E-state index in [4.69, 9.17) is 0 Å². The van der Waals surface area contributed by atoms with Gasteiger partial charge in [0.05, 0.1) is 9.88 Å². The molecule has 0 spiro atoms. The molecular formula is C20H21F3N4O2S2. The van der Waals surface area contributed by atoms with Gasteiger partial charge in [-0.05, 0) is 49.1 Å². The van der Waals surface area contributed by atoms with Crippen molar-refractivity contribution in [1.82, 2.24) is 15.0 Å². The molecule has 0 radical (unpaired) electrons. The minimum atomic E-state index is -4.54. The van der Waals surface area contributed by atoms with Crippen LogP contribution in [0.15, 0.2) is 36.7 Å². The van der Waals surface area contributed by atoms with E-state index in [2.05, 4.69) is 20.3 Å². The topological polar surface area (TPSA) is 91.2 Å². The smallest absolute Gasteiger partial charge is 0.324 e. The molecule has 3 N–H and O–H groups in total. The maximum atomic E-state index is 12.9. The Kier molecular flexibility index (Phi) is 5.95. The maximum Gasteiger partial charge on any atom is 0.433 e. The molecule has 0 unspecified atom stereocenters. The van der Waals surface area contributed by atoms with Crippen molar-refractivity contribution in [2.24, 2.45) is 0 Å². The van der Waals surface area contributed by atoms with Crippen molar-refractivity contribution >= 4 is 33.6 Å². The van der Waals surface area contributed by atoms with Gasteiger partial charge in [0.1, 0.15) is 5.69 Å². The molecule has 6 nitrogen and oxygen atoms in total. The minimum Gasteiger partial charge on any atom is -0.324 e. The lowest BCUT2D eigenvalue weighted by Crippen LogP contribution is -2.19. The van der Waals surface area contributed by atoms with Crippen LogP contribution < -0.4 is 5.32 Å². The van der Waals surface area contributed by atoms with Gasteiger partial charge in [0.15, 0.2) is 0 Å². The number of alkyl halides is 3. The van der Waals surface area contributed by atoms with Crippen LogP contribution in [0, 0.1) is 6.92 Å². The van der Waals surface area contributed by atoms with Gasteiger partial charge >= 0.3 is 6.18 Å². The molecule has 1 saturated heterocycles. The second kappa shape index (κ2) is 8.38. The predicted octanol–water partition coefficient (Wildman–Crippen LogP) is 6.30. The zero-order valence-corrected chi connectivity index (χ0v) is 18.2. The molecule has 2 aromatic heterocycles. The first-order chi connectivity index (χ1) is 14.6. The van der Waals surface area contributed by atoms with Gasteiger partial charge in [0, 0.05) is 35.5 Å². The van der Waals surface area contributed by atoms with Crippen LogP contribution in [0.25, 0.3) is 10.4 Å². The van der Waals surface area contributed by atoms with E-state index >= 15 is 0 Å². The molecule has 0 bridgehead atoms. The second-order valence-electron chi connectivity index (χ2n) is 7.52. The first-order valence-corrected chi connectivity index (χ1v) is 12.3. The van der Waals surface area contributed by atoms with Gasteiger partial charge in [-0.2, -0.15) is 23.8 Å². The van der Waals surface area contributed by atoms with Crippen molar-refractivity contribution in [2.45, 2.75) is 31.9 Å². The standard InChI is InChI=1S/C20H21F3N4O2S2/c1-12-8-14(16-11-25-18(30-16)13-3-6-31(28,29)7-4-13)10-15(9-12)26-19-24-5-2-17(27-19)20(21,22)23/h2,5,8-11,13,28-29H,3-4,6-7H2,1H3,(H,24,26,27). The Labute approximate surface area is 183 Å². The van der Waals surface area contributed by atoms with E-state index in [1.807, 2.05) is 19.1 Å². The Morgan fingerprint density at radius 2 is 1.87 bits per heavy atom. The van der Waals surface area contributed by atoms with Crippen LogP contribution in [0.4, 0.5) is 24.8 Å². The van der Waals surface area contributed by atoms with Crippen molar-refractivity contribution in [1.29, 1.82) is 0 Å². The summed E-state index contributed by atoms with van der Waals surface area (Å²) in [4.78, 5) is 12.9. The number of nitrogens with zero attached hydrogens (tertiary/aromatic N) is 3. The molecule has 1 aromatic carbocycles. The lowest BCUT2D eigenvalue weighted by atomic mass is 10.0. The van der Waals surface area contributed by atoms with Gasteiger partial charge in [-0.1, -0.05) is 6.07 Å². The highest BCUT2D eigenvalue weighted by molar-refractivity contribution is 8.24. The van der Waals surface area contributed by atoms with Crippen LogP contribution in [0.5, 0.6) is 0 Å². The largest absolute Gasteiger partial charge is 0.433 e. The van der Waals surface area contributed by atoms with Crippen LogP contribution >= 0.6 is 21.9 Å². The molecule has 1 aliphatic rings. The first-order valence-electron chi connectivity index (χ1n) is 9.58. The number of thiazole rings is 1. The molecule has 0 atom stereocenters. The van der Waals surface area contributed by atoms with E-state index in [1.54, 1.807) is 23.6 Å². The number of halogens is 3. The number of rotatable bonds is 4. The first kappa shape index (κ1) is 22.0. The zero-order chi connectivity index (χ0) is 22.2. The summed E-state index contributed by atoms with van der Waals surface area (Å²) in [6.45, 7) is 1.90. The van der Waals surface area contributed by atoms with E-state index in [0.717, 1.165) is 33.3 Å². The quantitative estimate of drug-likeness (QED) is 0.415. The van der Waals surface area contributed by atoms with Crippen LogP contribution in [-0.2, 0) is 6.18 Å². The van der Waals surface area contributed by atoms with Gasteiger partial charge in [0.2, 0.25) is 5.95 Å². The number of benzene rings is 1. The molecule has 4 rings (SSSR count). The number of hydrogen-bond acceptors (Lipinski definition) is 7. The molecule has 0 amide bonds. The number of hydrogen-bond donors (Lipinski definition) is 3. The summed E-state index contributed by atoms with van der Waals surface area (Å²) in [5, 5.41) is 3.82. The van der Waals surface area contributed by atoms with E-state index in [1.165, 1.54) is 0 Å². The highest BCUT2D eigenvalue weighted by atomic mass is 32.3. The van der Waals surface area contributed by atoms with Crippen LogP contribution in [-0.4, -0.2) is 35.6 Å². The van der Waals surface area contributed by atoms with E-state index in [-0.39, 0.29) is 11.9 Å². The minimum absolute atomic E-state index is 0.127. The summed E-state index contributed by atoms with van der Waals surface area (Å²) in [5.41, 5.74) is 1.39. The molecule has 3 heterocycles. The molecule has 0 aliphatic carbocycles. The summed E-state index contributed by atoms with van der Waals surface area (Å²) >= 11 is 1.55. The molecular weight excluding hydrogens is 449 g/mol. The molecule has 3 aromatic rings. The van der Waals surface area contributed by atoms with Gasteiger partial charge < -0.3 is 5.32 Å². The normalized spacial score (nSPS) is 18.0. The van der Waals surface area contributed by atoms with Crippen molar-refractivity contribution in [3.63, 3.8) is 0 Å². The molecule has 1 aliphatic heterocycles. The summed E-state index contributed by atoms with van der Waals surface area (Å²) in [5.74, 6) is 0.890. The summed E-state index contributed by atoms with van der Waals surface area (Å²) in [7, 11) is -2.44. The SMILES string of the molecule is Cc1cc(Nc2nccc(C(F)(F)F)n2)cc(-c2cnc(C3CCS(O)(O)CC3)s2)c1. The van der Waals surface area contributed by atoms with E-state index in [0.29, 0.717) is 30.0 Å². The van der Waals surface area contributed by atoms with Crippen molar-refractivity contribution in [3.8, 4) is 10.4 Å². The van der Waals surface area contributed by atoms with Crippen LogP contribution in [0.2, 0.25) is 0 Å². The molecule has 1 fully saturated rings. The average Bonchev–Trinajstić information content (AvgIpc) is 3.17. The Bertz CT molecular complexity index is 1080. The van der Waals surface area contributed by atoms with Gasteiger partial charge in [-0.25, -0.2) is 15.0 Å². The summed E-state index contributed by atoms with van der Waals surface area (Å²) in [6.07, 6.45) is -0.288. The number of aryl methyl sites for hydroxylation is 1. The second-order valence-corrected chi connectivity index (χ2v) is 11.0. The molecule has 31 heavy (non-hydrogen) atoms.